The van der Waals surface area contributed by atoms with E-state index in [2.05, 4.69) is 53.4 Å². The lowest BCUT2D eigenvalue weighted by Gasteiger charge is -2.33. The molecule has 1 aliphatic heterocycles. The molecule has 2 rings (SSSR count). The van der Waals surface area contributed by atoms with Crippen LogP contribution in [0.25, 0.3) is 0 Å². The predicted octanol–water partition coefficient (Wildman–Crippen LogP) is 3.04. The van der Waals surface area contributed by atoms with Crippen molar-refractivity contribution < 1.29 is 0 Å². The Balaban J connectivity index is 1.84. The number of nitrogens with one attached hydrogen (secondary N) is 2. The number of guanidine groups is 1. The van der Waals surface area contributed by atoms with Gasteiger partial charge >= 0.3 is 0 Å². The second-order valence-electron chi connectivity index (χ2n) is 6.50. The largest absolute Gasteiger partial charge is 0.357 e. The molecule has 5 nitrogen and oxygen atoms in total. The molecule has 2 heterocycles. The highest BCUT2D eigenvalue weighted by Gasteiger charge is 2.20. The summed E-state index contributed by atoms with van der Waals surface area (Å²) in [4.78, 5) is 11.6. The van der Waals surface area contributed by atoms with Crippen LogP contribution in [-0.2, 0) is 0 Å². The van der Waals surface area contributed by atoms with E-state index in [1.165, 1.54) is 12.8 Å². The van der Waals surface area contributed by atoms with Gasteiger partial charge in [0.05, 0.1) is 0 Å². The van der Waals surface area contributed by atoms with E-state index in [0.29, 0.717) is 12.0 Å². The van der Waals surface area contributed by atoms with Gasteiger partial charge in [0.25, 0.3) is 0 Å². The fraction of sp³-hybridized carbons (Fsp3) is 0.684. The normalized spacial score (nSPS) is 16.5. The summed E-state index contributed by atoms with van der Waals surface area (Å²) in [5, 5.41) is 7.01. The second kappa shape index (κ2) is 10.2. The number of hydrogen-bond donors (Lipinski definition) is 2. The van der Waals surface area contributed by atoms with Gasteiger partial charge in [-0.2, -0.15) is 0 Å². The number of aliphatic imine (C=N–C) groups is 1. The highest BCUT2D eigenvalue weighted by atomic mass is 15.2. The molecule has 0 amide bonds. The molecule has 1 fully saturated rings. The van der Waals surface area contributed by atoms with Gasteiger partial charge < -0.3 is 15.5 Å². The van der Waals surface area contributed by atoms with Gasteiger partial charge in [0.15, 0.2) is 5.96 Å². The summed E-state index contributed by atoms with van der Waals surface area (Å²) in [6, 6.07) is 6.61. The number of piperidine rings is 1. The molecule has 134 valence electrons. The molecule has 24 heavy (non-hydrogen) atoms. The van der Waals surface area contributed by atoms with Crippen molar-refractivity contribution in [2.24, 2.45) is 10.9 Å². The average Bonchev–Trinajstić information content (AvgIpc) is 2.64. The Kier molecular flexibility index (Phi) is 7.86. The Labute approximate surface area is 147 Å². The van der Waals surface area contributed by atoms with Crippen LogP contribution in [0.5, 0.6) is 0 Å². The van der Waals surface area contributed by atoms with Crippen molar-refractivity contribution in [3.8, 4) is 0 Å². The first-order valence-corrected chi connectivity index (χ1v) is 9.47. The minimum atomic E-state index is 0.490. The zero-order chi connectivity index (χ0) is 17.2. The highest BCUT2D eigenvalue weighted by molar-refractivity contribution is 5.80. The summed E-state index contributed by atoms with van der Waals surface area (Å²) >= 11 is 0. The van der Waals surface area contributed by atoms with Gasteiger partial charge in [0.1, 0.15) is 5.82 Å². The fourth-order valence-electron chi connectivity index (χ4n) is 3.07. The number of aromatic nitrogens is 1. The number of pyridine rings is 1. The van der Waals surface area contributed by atoms with Crippen LogP contribution < -0.4 is 15.5 Å². The number of anilines is 1. The number of rotatable bonds is 7. The first-order valence-electron chi connectivity index (χ1n) is 9.47. The summed E-state index contributed by atoms with van der Waals surface area (Å²) < 4.78 is 0. The molecule has 0 saturated carbocycles. The number of nitrogens with zero attached hydrogens (tertiary/aromatic N) is 3. The van der Waals surface area contributed by atoms with Crippen LogP contribution in [0.3, 0.4) is 0 Å². The van der Waals surface area contributed by atoms with Crippen molar-refractivity contribution in [3.63, 3.8) is 0 Å². The van der Waals surface area contributed by atoms with E-state index >= 15 is 0 Å². The van der Waals surface area contributed by atoms with Crippen LogP contribution >= 0.6 is 0 Å². The minimum absolute atomic E-state index is 0.490. The van der Waals surface area contributed by atoms with Crippen molar-refractivity contribution in [2.75, 3.05) is 31.1 Å². The first-order chi connectivity index (χ1) is 11.8. The Bertz CT molecular complexity index is 476. The molecular weight excluding hydrogens is 298 g/mol. The third-order valence-electron chi connectivity index (χ3n) is 4.82. The van der Waals surface area contributed by atoms with Gasteiger partial charge in [-0.1, -0.05) is 32.8 Å². The average molecular weight is 332 g/mol. The van der Waals surface area contributed by atoms with Crippen LogP contribution in [0.4, 0.5) is 5.82 Å². The van der Waals surface area contributed by atoms with E-state index in [9.17, 15) is 0 Å². The quantitative estimate of drug-likeness (QED) is 0.596. The molecule has 1 aliphatic rings. The predicted molar refractivity (Wildman–Crippen MR) is 103 cm³/mol. The standard InChI is InChI=1S/C19H33N5/c1-4-16(5-2)15-22-19(20-6-3)23-17-10-13-24(14-11-17)18-9-7-8-12-21-18/h7-9,12,16-17H,4-6,10-11,13-15H2,1-3H3,(H2,20,22,23). The van der Waals surface area contributed by atoms with E-state index in [1.807, 2.05) is 12.3 Å². The lowest BCUT2D eigenvalue weighted by molar-refractivity contribution is 0.456. The Hall–Kier alpha value is -1.78. The van der Waals surface area contributed by atoms with Crippen molar-refractivity contribution >= 4 is 11.8 Å². The van der Waals surface area contributed by atoms with Gasteiger partial charge in [0, 0.05) is 38.4 Å². The minimum Gasteiger partial charge on any atom is -0.357 e. The molecule has 2 N–H and O–H groups in total. The van der Waals surface area contributed by atoms with Crippen molar-refractivity contribution in [3.05, 3.63) is 24.4 Å². The highest BCUT2D eigenvalue weighted by Crippen LogP contribution is 2.17. The van der Waals surface area contributed by atoms with E-state index in [-0.39, 0.29) is 0 Å². The molecule has 0 radical (unpaired) electrons. The second-order valence-corrected chi connectivity index (χ2v) is 6.50. The Morgan fingerprint density at radius 3 is 2.58 bits per heavy atom. The summed E-state index contributed by atoms with van der Waals surface area (Å²) in [6.45, 7) is 10.5. The maximum Gasteiger partial charge on any atom is 0.191 e. The molecule has 0 spiro atoms. The summed E-state index contributed by atoms with van der Waals surface area (Å²) in [6.07, 6.45) is 6.50. The summed E-state index contributed by atoms with van der Waals surface area (Å²) in [7, 11) is 0. The third-order valence-corrected chi connectivity index (χ3v) is 4.82. The van der Waals surface area contributed by atoms with Crippen molar-refractivity contribution in [2.45, 2.75) is 52.5 Å². The van der Waals surface area contributed by atoms with Gasteiger partial charge in [0.2, 0.25) is 0 Å². The fourth-order valence-corrected chi connectivity index (χ4v) is 3.07. The Morgan fingerprint density at radius 2 is 2.00 bits per heavy atom. The zero-order valence-corrected chi connectivity index (χ0v) is 15.5. The molecule has 0 aromatic carbocycles. The maximum atomic E-state index is 4.80. The molecule has 1 aromatic rings. The zero-order valence-electron chi connectivity index (χ0n) is 15.5. The Morgan fingerprint density at radius 1 is 1.25 bits per heavy atom. The molecule has 0 aliphatic carbocycles. The lowest BCUT2D eigenvalue weighted by atomic mass is 10.0. The van der Waals surface area contributed by atoms with Gasteiger partial charge in [-0.3, -0.25) is 4.99 Å². The van der Waals surface area contributed by atoms with Gasteiger partial charge in [-0.05, 0) is 37.8 Å². The van der Waals surface area contributed by atoms with Crippen LogP contribution in [0, 0.1) is 5.92 Å². The number of hydrogen-bond acceptors (Lipinski definition) is 3. The van der Waals surface area contributed by atoms with Gasteiger partial charge in [-0.25, -0.2) is 4.98 Å². The maximum absolute atomic E-state index is 4.80. The van der Waals surface area contributed by atoms with E-state index in [1.54, 1.807) is 0 Å². The lowest BCUT2D eigenvalue weighted by Crippen LogP contribution is -2.49. The van der Waals surface area contributed by atoms with E-state index in [0.717, 1.165) is 50.8 Å². The topological polar surface area (TPSA) is 52.6 Å². The van der Waals surface area contributed by atoms with Crippen molar-refractivity contribution in [1.82, 2.24) is 15.6 Å². The van der Waals surface area contributed by atoms with Crippen LogP contribution in [0.2, 0.25) is 0 Å². The molecule has 1 saturated heterocycles. The van der Waals surface area contributed by atoms with Gasteiger partial charge in [-0.15, -0.1) is 0 Å². The molecule has 0 atom stereocenters. The van der Waals surface area contributed by atoms with Crippen molar-refractivity contribution in [1.29, 1.82) is 0 Å². The molecule has 0 bridgehead atoms. The molecule has 0 unspecified atom stereocenters. The van der Waals surface area contributed by atoms with Crippen LogP contribution in [-0.4, -0.2) is 43.2 Å². The van der Waals surface area contributed by atoms with E-state index < -0.39 is 0 Å². The third kappa shape index (κ3) is 5.69. The van der Waals surface area contributed by atoms with Crippen LogP contribution in [0.15, 0.2) is 29.4 Å². The summed E-state index contributed by atoms with van der Waals surface area (Å²) in [5.41, 5.74) is 0. The monoisotopic (exact) mass is 331 g/mol. The summed E-state index contributed by atoms with van der Waals surface area (Å²) in [5.74, 6) is 2.75. The smallest absolute Gasteiger partial charge is 0.191 e. The SMILES string of the molecule is CCNC(=NCC(CC)CC)NC1CCN(c2ccccn2)CC1. The first kappa shape index (κ1) is 18.6. The molecular formula is C19H33N5. The molecule has 1 aromatic heterocycles. The molecule has 5 heteroatoms. The van der Waals surface area contributed by atoms with E-state index in [4.69, 9.17) is 4.99 Å². The van der Waals surface area contributed by atoms with Crippen LogP contribution in [0.1, 0.15) is 46.5 Å².